The Hall–Kier alpha value is 0.0500. The second kappa shape index (κ2) is 1.88. The van der Waals surface area contributed by atoms with Gasteiger partial charge in [-0.15, -0.1) is 0 Å². The summed E-state index contributed by atoms with van der Waals surface area (Å²) in [6, 6.07) is 0. The van der Waals surface area contributed by atoms with Crippen LogP contribution in [0.5, 0.6) is 0 Å². The van der Waals surface area contributed by atoms with E-state index in [1.54, 1.807) is 0 Å². The second-order valence-electron chi connectivity index (χ2n) is 1.19. The van der Waals surface area contributed by atoms with Crippen molar-refractivity contribution >= 4 is 29.2 Å². The molecule has 0 aromatic carbocycles. The van der Waals surface area contributed by atoms with Crippen molar-refractivity contribution in [1.82, 2.24) is 0 Å². The third-order valence-corrected chi connectivity index (χ3v) is 0.699. The van der Waals surface area contributed by atoms with Crippen LogP contribution in [0.3, 0.4) is 0 Å². The van der Waals surface area contributed by atoms with Crippen molar-refractivity contribution in [2.75, 3.05) is 0 Å². The van der Waals surface area contributed by atoms with Crippen LogP contribution in [0.25, 0.3) is 0 Å². The van der Waals surface area contributed by atoms with Crippen LogP contribution in [-0.4, -0.2) is 15.4 Å². The van der Waals surface area contributed by atoms with Gasteiger partial charge in [-0.2, -0.15) is 0 Å². The van der Waals surface area contributed by atoms with Crippen LogP contribution in [0.1, 0.15) is 6.92 Å². The fourth-order valence-corrected chi connectivity index (χ4v) is 0. The van der Waals surface area contributed by atoms with Gasteiger partial charge in [0, 0.05) is 0 Å². The molecule has 2 nitrogen and oxygen atoms in total. The summed E-state index contributed by atoms with van der Waals surface area (Å²) in [5, 5.41) is 7.99. The van der Waals surface area contributed by atoms with Crippen LogP contribution >= 0.6 is 23.2 Å². The maximum absolute atomic E-state index is 9.76. The lowest BCUT2D eigenvalue weighted by Crippen LogP contribution is -2.19. The van der Waals surface area contributed by atoms with Gasteiger partial charge in [0.15, 0.2) is 0 Å². The van der Waals surface area contributed by atoms with Crippen LogP contribution in [0.2, 0.25) is 0 Å². The predicted octanol–water partition coefficient (Wildman–Crippen LogP) is 1.26. The Labute approximate surface area is 51.0 Å². The van der Waals surface area contributed by atoms with Gasteiger partial charge in [-0.3, -0.25) is 0 Å². The molecule has 0 spiro atoms. The molecule has 0 fully saturated rings. The van der Waals surface area contributed by atoms with Crippen LogP contribution < -0.4 is 0 Å². The molecule has 0 atom stereocenters. The average molecular weight is 146 g/mol. The lowest BCUT2D eigenvalue weighted by Gasteiger charge is -2.02. The van der Waals surface area contributed by atoms with Crippen molar-refractivity contribution in [3.63, 3.8) is 0 Å². The molecule has 0 radical (unpaired) electrons. The molecule has 7 heavy (non-hydrogen) atoms. The first-order valence-corrected chi connectivity index (χ1v) is 2.31. The van der Waals surface area contributed by atoms with Crippen molar-refractivity contribution in [1.29, 1.82) is 0 Å². The summed E-state index contributed by atoms with van der Waals surface area (Å²) in [5.41, 5.74) is 0. The van der Waals surface area contributed by atoms with E-state index < -0.39 is 10.3 Å². The molecule has 0 aromatic rings. The van der Waals surface area contributed by atoms with E-state index in [1.807, 2.05) is 0 Å². The largest absolute Gasteiger partial charge is 0.479 e. The number of alkyl halides is 2. The van der Waals surface area contributed by atoms with Gasteiger partial charge in [0.05, 0.1) is 0 Å². The van der Waals surface area contributed by atoms with E-state index in [0.29, 0.717) is 0 Å². The highest BCUT2D eigenvalue weighted by Crippen LogP contribution is 2.18. The van der Waals surface area contributed by atoms with Crippen molar-refractivity contribution < 1.29 is 9.90 Å². The van der Waals surface area contributed by atoms with Gasteiger partial charge in [0.1, 0.15) is 0 Å². The fourth-order valence-electron chi connectivity index (χ4n) is 0. The standard InChI is InChI=1S/C3H4Cl2O2/c1-3(4,5)2(6)7/h1H3,(H,6,7)/i1+1,2+1,3+1. The molecule has 0 bridgehead atoms. The molecule has 0 aromatic heterocycles. The first-order valence-electron chi connectivity index (χ1n) is 1.56. The quantitative estimate of drug-likeness (QED) is 0.446. The minimum absolute atomic E-state index is 1.19. The molecule has 0 amide bonds. The highest BCUT2D eigenvalue weighted by molar-refractivity contribution is 6.56. The van der Waals surface area contributed by atoms with E-state index in [4.69, 9.17) is 28.3 Å². The summed E-state index contributed by atoms with van der Waals surface area (Å²) >= 11 is 10.1. The zero-order chi connectivity index (χ0) is 6.08. The van der Waals surface area contributed by atoms with Gasteiger partial charge >= 0.3 is 5.97 Å². The molecule has 0 saturated carbocycles. The zero-order valence-electron chi connectivity index (χ0n) is 3.61. The lowest BCUT2D eigenvalue weighted by atomic mass is 11.5. The smallest absolute Gasteiger partial charge is 0.339 e. The Morgan fingerprint density at radius 1 is 1.71 bits per heavy atom. The molecule has 0 saturated heterocycles. The van der Waals surface area contributed by atoms with Gasteiger partial charge in [0.2, 0.25) is 4.33 Å². The molecule has 4 heteroatoms. The number of aliphatic carboxylic acids is 1. The summed E-state index contributed by atoms with van der Waals surface area (Å²) < 4.78 is -1.64. The zero-order valence-corrected chi connectivity index (χ0v) is 5.12. The summed E-state index contributed by atoms with van der Waals surface area (Å²) in [5.74, 6) is -1.23. The fraction of sp³-hybridized carbons (Fsp3) is 0.667. The molecule has 0 aliphatic carbocycles. The highest BCUT2D eigenvalue weighted by Gasteiger charge is 2.25. The minimum Gasteiger partial charge on any atom is -0.479 e. The van der Waals surface area contributed by atoms with E-state index in [-0.39, 0.29) is 0 Å². The maximum atomic E-state index is 9.76. The van der Waals surface area contributed by atoms with Crippen molar-refractivity contribution in [3.05, 3.63) is 0 Å². The number of carboxylic acids is 1. The van der Waals surface area contributed by atoms with Crippen LogP contribution in [0.4, 0.5) is 0 Å². The third-order valence-electron chi connectivity index (χ3n) is 0.376. The second-order valence-corrected chi connectivity index (χ2v) is 2.90. The van der Waals surface area contributed by atoms with Crippen molar-refractivity contribution in [2.24, 2.45) is 0 Å². The van der Waals surface area contributed by atoms with E-state index in [0.717, 1.165) is 0 Å². The Balaban J connectivity index is 3.79. The van der Waals surface area contributed by atoms with Crippen molar-refractivity contribution in [2.45, 2.75) is 11.3 Å². The van der Waals surface area contributed by atoms with Gasteiger partial charge in [-0.25, -0.2) is 4.79 Å². The number of hydrogen-bond donors (Lipinski definition) is 1. The van der Waals surface area contributed by atoms with E-state index in [1.165, 1.54) is 6.92 Å². The number of hydrogen-bond acceptors (Lipinski definition) is 1. The molecular formula is C3H4Cl2O2. The average Bonchev–Trinajstić information content (AvgIpc) is 1.31. The monoisotopic (exact) mass is 145 g/mol. The first-order chi connectivity index (χ1) is 2.94. The number of halogens is 2. The minimum atomic E-state index is -1.64. The summed E-state index contributed by atoms with van der Waals surface area (Å²) in [4.78, 5) is 9.76. The van der Waals surface area contributed by atoms with E-state index >= 15 is 0 Å². The number of carbonyl (C=O) groups is 1. The SMILES string of the molecule is [13CH3][13C](Cl)(Cl)[13C](=O)O. The van der Waals surface area contributed by atoms with Crippen LogP contribution in [0, 0.1) is 0 Å². The van der Waals surface area contributed by atoms with E-state index in [9.17, 15) is 4.79 Å². The molecule has 0 rings (SSSR count). The summed E-state index contributed by atoms with van der Waals surface area (Å²) in [6.45, 7) is 1.19. The van der Waals surface area contributed by atoms with Crippen molar-refractivity contribution in [3.8, 4) is 0 Å². The number of carboxylic acid groups (broad SMARTS) is 1. The molecule has 1 N–H and O–H groups in total. The molecule has 0 aliphatic rings. The summed E-state index contributed by atoms with van der Waals surface area (Å²) in [6.07, 6.45) is 0. The molecule has 42 valence electrons. The van der Waals surface area contributed by atoms with Gasteiger partial charge in [-0.1, -0.05) is 23.2 Å². The Bertz CT molecular complexity index is 83.4. The van der Waals surface area contributed by atoms with E-state index in [2.05, 4.69) is 0 Å². The Morgan fingerprint density at radius 3 is 1.86 bits per heavy atom. The normalized spacial score (nSPS) is 11.3. The Kier molecular flexibility index (Phi) is 1.90. The lowest BCUT2D eigenvalue weighted by molar-refractivity contribution is -0.137. The number of rotatable bonds is 1. The molecule has 0 unspecified atom stereocenters. The first kappa shape index (κ1) is 7.05. The third kappa shape index (κ3) is 2.71. The van der Waals surface area contributed by atoms with Crippen LogP contribution in [0.15, 0.2) is 0 Å². The molecular weight excluding hydrogens is 142 g/mol. The maximum Gasteiger partial charge on any atom is 0.339 e. The van der Waals surface area contributed by atoms with Gasteiger partial charge in [-0.05, 0) is 6.92 Å². The summed E-state index contributed by atoms with van der Waals surface area (Å²) in [7, 11) is 0. The van der Waals surface area contributed by atoms with Gasteiger partial charge in [0.25, 0.3) is 0 Å². The topological polar surface area (TPSA) is 37.3 Å². The van der Waals surface area contributed by atoms with Crippen LogP contribution in [-0.2, 0) is 4.79 Å². The Morgan fingerprint density at radius 2 is 1.86 bits per heavy atom. The van der Waals surface area contributed by atoms with Gasteiger partial charge < -0.3 is 5.11 Å². The predicted molar refractivity (Wildman–Crippen MR) is 27.7 cm³/mol. The molecule has 0 aliphatic heterocycles. The highest BCUT2D eigenvalue weighted by atomic mass is 35.5. The molecule has 0 heterocycles.